The van der Waals surface area contributed by atoms with E-state index in [4.69, 9.17) is 27.8 Å². The minimum Gasteiger partial charge on any atom is -0.490 e. The summed E-state index contributed by atoms with van der Waals surface area (Å²) in [5.74, 6) is -1.47. The van der Waals surface area contributed by atoms with Crippen LogP contribution >= 0.6 is 24.0 Å². The van der Waals surface area contributed by atoms with E-state index in [9.17, 15) is 33.6 Å². The molecule has 6 amide bonds. The van der Waals surface area contributed by atoms with Gasteiger partial charge in [-0.25, -0.2) is 4.79 Å². The second-order valence-electron chi connectivity index (χ2n) is 15.3. The van der Waals surface area contributed by atoms with E-state index in [2.05, 4.69) is 5.32 Å². The maximum atomic E-state index is 13.6. The summed E-state index contributed by atoms with van der Waals surface area (Å²) in [6.45, 7) is 1.88. The van der Waals surface area contributed by atoms with Crippen molar-refractivity contribution in [2.24, 2.45) is 18.5 Å². The zero-order chi connectivity index (χ0) is 41.7. The number of nitrogens with two attached hydrogens (primary N) is 2. The number of halogens is 2. The van der Waals surface area contributed by atoms with Crippen molar-refractivity contribution in [3.8, 4) is 5.75 Å². The summed E-state index contributed by atoms with van der Waals surface area (Å²) >= 11 is 6.86. The molecule has 3 aliphatic rings. The van der Waals surface area contributed by atoms with Gasteiger partial charge in [-0.2, -0.15) is 0 Å². The highest BCUT2D eigenvalue weighted by Gasteiger charge is 2.41. The number of piperidine rings is 1. The van der Waals surface area contributed by atoms with Gasteiger partial charge in [0.2, 0.25) is 35.9 Å². The SMILES string of the molecule is CC(=O)N1CCC2=CC[C@@H](N(C=O)[C@@H](CCC(N)=O)COc3cccc(CCCCCc4ccc5c(c4)n(C)c(=O)n5C4CCC(=O)NC4=O)c3Cl)N2C(=O)[C@@H](N)C1.Cl. The second kappa shape index (κ2) is 19.7. The lowest BCUT2D eigenvalue weighted by Crippen LogP contribution is -2.59. The van der Waals surface area contributed by atoms with Gasteiger partial charge in [0.15, 0.2) is 0 Å². The maximum Gasteiger partial charge on any atom is 0.329 e. The third-order valence-corrected chi connectivity index (χ3v) is 11.8. The fourth-order valence-corrected chi connectivity index (χ4v) is 8.49. The van der Waals surface area contributed by atoms with Gasteiger partial charge < -0.3 is 26.0 Å². The second-order valence-corrected chi connectivity index (χ2v) is 15.6. The number of carbonyl (C=O) groups is 6. The van der Waals surface area contributed by atoms with Crippen molar-refractivity contribution in [2.45, 2.75) is 102 Å². The molecule has 2 saturated heterocycles. The van der Waals surface area contributed by atoms with Gasteiger partial charge in [-0.1, -0.05) is 42.3 Å². The molecule has 3 aromatic rings. The summed E-state index contributed by atoms with van der Waals surface area (Å²) in [6, 6.07) is 9.01. The maximum absolute atomic E-state index is 13.6. The van der Waals surface area contributed by atoms with E-state index < -0.39 is 42.0 Å². The molecule has 6 rings (SSSR count). The number of imidazole rings is 1. The van der Waals surface area contributed by atoms with Crippen LogP contribution in [0.15, 0.2) is 53.0 Å². The molecule has 16 nitrogen and oxygen atoms in total. The predicted molar refractivity (Wildman–Crippen MR) is 222 cm³/mol. The van der Waals surface area contributed by atoms with E-state index in [1.54, 1.807) is 22.9 Å². The molecular weight excluding hydrogens is 803 g/mol. The van der Waals surface area contributed by atoms with Crippen molar-refractivity contribution >= 4 is 71.0 Å². The van der Waals surface area contributed by atoms with Crippen molar-refractivity contribution in [2.75, 3.05) is 19.7 Å². The first kappa shape index (κ1) is 44.9. The van der Waals surface area contributed by atoms with Crippen molar-refractivity contribution < 1.29 is 33.5 Å². The smallest absolute Gasteiger partial charge is 0.329 e. The van der Waals surface area contributed by atoms with Crippen LogP contribution in [0.3, 0.4) is 0 Å². The Kier molecular flexibility index (Phi) is 15.0. The highest BCUT2D eigenvalue weighted by Crippen LogP contribution is 2.33. The molecule has 4 atom stereocenters. The quantitative estimate of drug-likeness (QED) is 0.110. The van der Waals surface area contributed by atoms with E-state index in [1.807, 2.05) is 36.4 Å². The fraction of sp³-hybridized carbons (Fsp3) is 0.488. The number of unbranched alkanes of at least 4 members (excludes halogenated alkanes) is 2. The first-order chi connectivity index (χ1) is 27.8. The number of imide groups is 1. The molecule has 5 N–H and O–H groups in total. The highest BCUT2D eigenvalue weighted by molar-refractivity contribution is 6.32. The van der Waals surface area contributed by atoms with Crippen LogP contribution in [-0.2, 0) is 48.7 Å². The van der Waals surface area contributed by atoms with Crippen molar-refractivity contribution in [1.82, 2.24) is 29.2 Å². The number of hydrogen-bond donors (Lipinski definition) is 3. The van der Waals surface area contributed by atoms with Crippen LogP contribution in [0.5, 0.6) is 5.75 Å². The van der Waals surface area contributed by atoms with Gasteiger partial charge in [-0.3, -0.25) is 48.1 Å². The highest BCUT2D eigenvalue weighted by atomic mass is 35.5. The van der Waals surface area contributed by atoms with Crippen LogP contribution in [0.2, 0.25) is 5.02 Å². The van der Waals surface area contributed by atoms with Crippen molar-refractivity contribution in [3.63, 3.8) is 0 Å². The third-order valence-electron chi connectivity index (χ3n) is 11.4. The van der Waals surface area contributed by atoms with Gasteiger partial charge in [0.25, 0.3) is 0 Å². The lowest BCUT2D eigenvalue weighted by atomic mass is 10.0. The van der Waals surface area contributed by atoms with Gasteiger partial charge >= 0.3 is 5.69 Å². The van der Waals surface area contributed by atoms with Gasteiger partial charge in [0.1, 0.15) is 30.6 Å². The molecular formula is C41H52Cl2N8O8. The van der Waals surface area contributed by atoms with Crippen LogP contribution in [0.25, 0.3) is 11.0 Å². The number of nitrogens with one attached hydrogen (secondary N) is 1. The summed E-state index contributed by atoms with van der Waals surface area (Å²) in [4.78, 5) is 92.2. The molecule has 318 valence electrons. The van der Waals surface area contributed by atoms with E-state index in [0.717, 1.165) is 42.3 Å². The number of amides is 6. The monoisotopic (exact) mass is 854 g/mol. The van der Waals surface area contributed by atoms with E-state index >= 15 is 0 Å². The number of primary amides is 1. The molecule has 2 fully saturated rings. The van der Waals surface area contributed by atoms with Crippen LogP contribution in [0.4, 0.5) is 0 Å². The number of benzene rings is 2. The van der Waals surface area contributed by atoms with E-state index in [1.165, 1.54) is 21.0 Å². The Bertz CT molecular complexity index is 2190. The molecule has 0 bridgehead atoms. The Morgan fingerprint density at radius 1 is 1.07 bits per heavy atom. The topological polar surface area (TPSA) is 212 Å². The number of ether oxygens (including phenoxy) is 1. The van der Waals surface area contributed by atoms with Crippen molar-refractivity contribution in [3.05, 3.63) is 74.8 Å². The number of nitrogens with zero attached hydrogens (tertiary/aromatic N) is 5. The third kappa shape index (κ3) is 9.99. The van der Waals surface area contributed by atoms with Gasteiger partial charge in [0, 0.05) is 58.4 Å². The molecule has 1 unspecified atom stereocenters. The number of rotatable bonds is 16. The Labute approximate surface area is 353 Å². The molecule has 59 heavy (non-hydrogen) atoms. The van der Waals surface area contributed by atoms with Crippen molar-refractivity contribution in [1.29, 1.82) is 0 Å². The van der Waals surface area contributed by atoms with Crippen LogP contribution < -0.4 is 27.2 Å². The molecule has 0 spiro atoms. The lowest BCUT2D eigenvalue weighted by molar-refractivity contribution is -0.143. The molecule has 1 aromatic heterocycles. The number of fused-ring (bicyclic) bond motifs is 2. The zero-order valence-electron chi connectivity index (χ0n) is 33.3. The van der Waals surface area contributed by atoms with E-state index in [0.29, 0.717) is 54.2 Å². The number of aromatic nitrogens is 2. The van der Waals surface area contributed by atoms with Gasteiger partial charge in [0.05, 0.1) is 22.1 Å². The Morgan fingerprint density at radius 3 is 2.54 bits per heavy atom. The Balaban J connectivity index is 0.00000661. The van der Waals surface area contributed by atoms with Crippen LogP contribution in [0.1, 0.15) is 81.9 Å². The standard InChI is InChI=1S/C41H51ClN8O8.ClH/c1-25(52)47-20-19-28-13-18-37(49(28)40(56)30(43)22-47)48(24-51)29(12-16-35(44)53)23-58-34-10-6-9-27(38(34)42)8-5-3-4-7-26-11-14-31-33(21-26)46(2)41(57)50(31)32-15-17-36(54)45-39(32)55;/h6,9-11,13-14,21,24,29-30,32,37H,3-5,7-8,12,15-20,22-23,43H2,1-2H3,(H2,44,53)(H,45,54,55);1H/t29-,30-,32?,37-;/m0./s1. The first-order valence-corrected chi connectivity index (χ1v) is 20.1. The Morgan fingerprint density at radius 2 is 1.83 bits per heavy atom. The fourth-order valence-electron chi connectivity index (χ4n) is 8.21. The summed E-state index contributed by atoms with van der Waals surface area (Å²) in [6.07, 6.45) is 7.39. The molecule has 0 radical (unpaired) electrons. The van der Waals surface area contributed by atoms with E-state index in [-0.39, 0.29) is 68.7 Å². The average Bonchev–Trinajstić information content (AvgIpc) is 3.71. The first-order valence-electron chi connectivity index (χ1n) is 19.8. The lowest BCUT2D eigenvalue weighted by Gasteiger charge is -2.41. The van der Waals surface area contributed by atoms with Gasteiger partial charge in [-0.15, -0.1) is 12.4 Å². The summed E-state index contributed by atoms with van der Waals surface area (Å²) < 4.78 is 9.25. The number of aryl methyl sites for hydroxylation is 3. The summed E-state index contributed by atoms with van der Waals surface area (Å²) in [5.41, 5.74) is 15.5. The normalized spacial score (nSPS) is 19.9. The van der Waals surface area contributed by atoms with Crippen LogP contribution in [0, 0.1) is 0 Å². The molecule has 18 heteroatoms. The van der Waals surface area contributed by atoms with Gasteiger partial charge in [-0.05, 0) is 67.9 Å². The molecule has 2 aromatic carbocycles. The zero-order valence-corrected chi connectivity index (χ0v) is 34.8. The molecule has 4 heterocycles. The molecule has 0 saturated carbocycles. The minimum absolute atomic E-state index is 0. The largest absolute Gasteiger partial charge is 0.490 e. The molecule has 3 aliphatic heterocycles. The minimum atomic E-state index is -0.975. The number of carbonyl (C=O) groups excluding carboxylic acids is 6. The summed E-state index contributed by atoms with van der Waals surface area (Å²) in [7, 11) is 1.68. The molecule has 0 aliphatic carbocycles. The Hall–Kier alpha value is -5.19. The number of hydrogen-bond acceptors (Lipinski definition) is 9. The summed E-state index contributed by atoms with van der Waals surface area (Å²) in [5, 5.41) is 2.79. The average molecular weight is 856 g/mol. The predicted octanol–water partition coefficient (Wildman–Crippen LogP) is 2.84. The van der Waals surface area contributed by atoms with Crippen LogP contribution in [-0.4, -0.2) is 97.7 Å².